The first-order chi connectivity index (χ1) is 7.54. The maximum atomic E-state index is 13.4. The van der Waals surface area contributed by atoms with Crippen LogP contribution in [0.2, 0.25) is 0 Å². The molecule has 1 unspecified atom stereocenters. The maximum Gasteiger partial charge on any atom is 0.164 e. The minimum Gasteiger partial charge on any atom is -0.387 e. The lowest BCUT2D eigenvalue weighted by Gasteiger charge is -2.28. The molecule has 1 atom stereocenters. The molecule has 0 bridgehead atoms. The van der Waals surface area contributed by atoms with Crippen LogP contribution in [0.25, 0.3) is 0 Å². The van der Waals surface area contributed by atoms with Gasteiger partial charge in [0.05, 0.1) is 5.60 Å². The van der Waals surface area contributed by atoms with E-state index in [-0.39, 0.29) is 5.56 Å². The monoisotopic (exact) mass is 228 g/mol. The first-order valence-electron chi connectivity index (χ1n) is 5.39. The second-order valence-electron chi connectivity index (χ2n) is 4.36. The molecule has 1 aliphatic rings. The molecule has 0 heterocycles. The summed E-state index contributed by atoms with van der Waals surface area (Å²) >= 11 is 0. The Morgan fingerprint density at radius 3 is 2.44 bits per heavy atom. The topological polar surface area (TPSA) is 40.5 Å². The zero-order chi connectivity index (χ0) is 11.8. The summed E-state index contributed by atoms with van der Waals surface area (Å²) in [6.45, 7) is 0. The van der Waals surface area contributed by atoms with Crippen LogP contribution in [0.4, 0.5) is 8.78 Å². The highest BCUT2D eigenvalue weighted by Gasteiger charge is 2.40. The third-order valence-corrected chi connectivity index (χ3v) is 3.25. The van der Waals surface area contributed by atoms with Crippen molar-refractivity contribution in [2.24, 2.45) is 0 Å². The van der Waals surface area contributed by atoms with Crippen molar-refractivity contribution in [2.45, 2.75) is 37.4 Å². The number of halogens is 2. The first kappa shape index (κ1) is 11.5. The summed E-state index contributed by atoms with van der Waals surface area (Å²) in [4.78, 5) is 0. The van der Waals surface area contributed by atoms with Crippen molar-refractivity contribution in [3.8, 4) is 0 Å². The second kappa shape index (κ2) is 4.11. The summed E-state index contributed by atoms with van der Waals surface area (Å²) in [6.07, 6.45) is 1.08. The molecule has 88 valence electrons. The lowest BCUT2D eigenvalue weighted by atomic mass is 9.89. The van der Waals surface area contributed by atoms with Crippen molar-refractivity contribution in [2.75, 3.05) is 0 Å². The second-order valence-corrected chi connectivity index (χ2v) is 4.36. The van der Waals surface area contributed by atoms with Crippen molar-refractivity contribution >= 4 is 0 Å². The standard InChI is InChI=1S/C12H14F2O2/c13-9-5-3-4-8(10(9)14)11(15)12(16)6-1-2-7-12/h3-5,11,15-16H,1-2,6-7H2. The molecule has 1 aromatic rings. The molecule has 2 rings (SSSR count). The molecule has 0 radical (unpaired) electrons. The molecule has 4 heteroatoms. The predicted molar refractivity (Wildman–Crippen MR) is 54.7 cm³/mol. The van der Waals surface area contributed by atoms with Gasteiger partial charge in [-0.15, -0.1) is 0 Å². The average Bonchev–Trinajstić information content (AvgIpc) is 2.70. The van der Waals surface area contributed by atoms with Crippen LogP contribution >= 0.6 is 0 Å². The van der Waals surface area contributed by atoms with Gasteiger partial charge in [0.15, 0.2) is 11.6 Å². The average molecular weight is 228 g/mol. The summed E-state index contributed by atoms with van der Waals surface area (Å²) in [6, 6.07) is 3.62. The van der Waals surface area contributed by atoms with Crippen LogP contribution in [0, 0.1) is 11.6 Å². The molecule has 0 saturated heterocycles. The Morgan fingerprint density at radius 2 is 1.81 bits per heavy atom. The Hall–Kier alpha value is -1.00. The summed E-state index contributed by atoms with van der Waals surface area (Å²) in [7, 11) is 0. The van der Waals surface area contributed by atoms with Gasteiger partial charge in [0.2, 0.25) is 0 Å². The number of rotatable bonds is 2. The van der Waals surface area contributed by atoms with Gasteiger partial charge in [-0.2, -0.15) is 0 Å². The first-order valence-corrected chi connectivity index (χ1v) is 5.39. The van der Waals surface area contributed by atoms with E-state index in [2.05, 4.69) is 0 Å². The highest BCUT2D eigenvalue weighted by molar-refractivity contribution is 5.24. The Labute approximate surface area is 92.5 Å². The van der Waals surface area contributed by atoms with E-state index in [4.69, 9.17) is 0 Å². The summed E-state index contributed by atoms with van der Waals surface area (Å²) in [5, 5.41) is 20.0. The van der Waals surface area contributed by atoms with Gasteiger partial charge in [-0.25, -0.2) is 8.78 Å². The third-order valence-electron chi connectivity index (χ3n) is 3.25. The van der Waals surface area contributed by atoms with E-state index >= 15 is 0 Å². The van der Waals surface area contributed by atoms with Crippen LogP contribution in [-0.4, -0.2) is 15.8 Å². The van der Waals surface area contributed by atoms with Crippen LogP contribution in [0.15, 0.2) is 18.2 Å². The fraction of sp³-hybridized carbons (Fsp3) is 0.500. The zero-order valence-electron chi connectivity index (χ0n) is 8.79. The minimum absolute atomic E-state index is 0.163. The molecule has 2 nitrogen and oxygen atoms in total. The predicted octanol–water partition coefficient (Wildman–Crippen LogP) is 2.30. The van der Waals surface area contributed by atoms with Crippen molar-refractivity contribution in [1.29, 1.82) is 0 Å². The van der Waals surface area contributed by atoms with E-state index in [0.717, 1.165) is 18.9 Å². The van der Waals surface area contributed by atoms with Gasteiger partial charge < -0.3 is 10.2 Å². The molecule has 16 heavy (non-hydrogen) atoms. The van der Waals surface area contributed by atoms with Crippen molar-refractivity contribution in [1.82, 2.24) is 0 Å². The summed E-state index contributed by atoms with van der Waals surface area (Å²) in [5.74, 6) is -2.08. The Balaban J connectivity index is 2.33. The number of aliphatic hydroxyl groups is 2. The fourth-order valence-corrected chi connectivity index (χ4v) is 2.28. The molecule has 0 spiro atoms. The normalized spacial score (nSPS) is 21.0. The largest absolute Gasteiger partial charge is 0.387 e. The number of hydrogen-bond donors (Lipinski definition) is 2. The SMILES string of the molecule is OC(c1cccc(F)c1F)C1(O)CCCC1. The third kappa shape index (κ3) is 1.83. The van der Waals surface area contributed by atoms with Gasteiger partial charge in [0.1, 0.15) is 6.10 Å². The maximum absolute atomic E-state index is 13.4. The molecular formula is C12H14F2O2. The van der Waals surface area contributed by atoms with Crippen LogP contribution in [0.1, 0.15) is 37.4 Å². The molecule has 0 aromatic heterocycles. The van der Waals surface area contributed by atoms with Crippen molar-refractivity contribution < 1.29 is 19.0 Å². The Bertz CT molecular complexity index is 387. The highest BCUT2D eigenvalue weighted by atomic mass is 19.2. The van der Waals surface area contributed by atoms with Gasteiger partial charge in [0, 0.05) is 5.56 Å². The van der Waals surface area contributed by atoms with Gasteiger partial charge in [-0.1, -0.05) is 25.0 Å². The van der Waals surface area contributed by atoms with E-state index < -0.39 is 23.3 Å². The number of hydrogen-bond acceptors (Lipinski definition) is 2. The molecule has 2 N–H and O–H groups in total. The van der Waals surface area contributed by atoms with Crippen LogP contribution in [-0.2, 0) is 0 Å². The molecular weight excluding hydrogens is 214 g/mol. The van der Waals surface area contributed by atoms with Crippen molar-refractivity contribution in [3.05, 3.63) is 35.4 Å². The molecule has 1 aliphatic carbocycles. The van der Waals surface area contributed by atoms with E-state index in [1.807, 2.05) is 0 Å². The van der Waals surface area contributed by atoms with Gasteiger partial charge in [-0.3, -0.25) is 0 Å². The minimum atomic E-state index is -1.36. The fourth-order valence-electron chi connectivity index (χ4n) is 2.28. The molecule has 1 fully saturated rings. The Kier molecular flexibility index (Phi) is 2.95. The Morgan fingerprint density at radius 1 is 1.19 bits per heavy atom. The summed E-state index contributed by atoms with van der Waals surface area (Å²) < 4.78 is 26.4. The van der Waals surface area contributed by atoms with Crippen LogP contribution in [0.5, 0.6) is 0 Å². The lowest BCUT2D eigenvalue weighted by molar-refractivity contribution is -0.0735. The van der Waals surface area contributed by atoms with E-state index in [1.165, 1.54) is 12.1 Å². The van der Waals surface area contributed by atoms with E-state index in [9.17, 15) is 19.0 Å². The molecule has 1 aromatic carbocycles. The molecule has 1 saturated carbocycles. The van der Waals surface area contributed by atoms with E-state index in [0.29, 0.717) is 12.8 Å². The smallest absolute Gasteiger partial charge is 0.164 e. The number of benzene rings is 1. The lowest BCUT2D eigenvalue weighted by Crippen LogP contribution is -2.33. The van der Waals surface area contributed by atoms with Gasteiger partial charge in [-0.05, 0) is 18.9 Å². The molecule has 0 aliphatic heterocycles. The van der Waals surface area contributed by atoms with E-state index in [1.54, 1.807) is 0 Å². The number of aliphatic hydroxyl groups excluding tert-OH is 1. The quantitative estimate of drug-likeness (QED) is 0.815. The van der Waals surface area contributed by atoms with Crippen LogP contribution < -0.4 is 0 Å². The molecule has 0 amide bonds. The van der Waals surface area contributed by atoms with Gasteiger partial charge in [0.25, 0.3) is 0 Å². The summed E-state index contributed by atoms with van der Waals surface area (Å²) in [5.41, 5.74) is -1.47. The van der Waals surface area contributed by atoms with Crippen LogP contribution in [0.3, 0.4) is 0 Å². The van der Waals surface area contributed by atoms with Gasteiger partial charge >= 0.3 is 0 Å². The highest BCUT2D eigenvalue weighted by Crippen LogP contribution is 2.40. The van der Waals surface area contributed by atoms with Crippen molar-refractivity contribution in [3.63, 3.8) is 0 Å². The zero-order valence-corrected chi connectivity index (χ0v) is 8.79.